The van der Waals surface area contributed by atoms with E-state index >= 15 is 0 Å². The molecular formula is C18H32N2O. The highest BCUT2D eigenvalue weighted by Crippen LogP contribution is 2.13. The predicted octanol–water partition coefficient (Wildman–Crippen LogP) is 3.40. The molecule has 1 rings (SSSR count). The summed E-state index contributed by atoms with van der Waals surface area (Å²) in [6.45, 7) is 13.7. The van der Waals surface area contributed by atoms with Crippen LogP contribution in [0, 0.1) is 11.8 Å². The molecule has 21 heavy (non-hydrogen) atoms. The molecule has 0 unspecified atom stereocenters. The standard InChI is InChI=1S/C18H32N2O/c1-15(2)12-19-13-17-7-6-8-18(11-17)21-10-9-20(5)14-16(3)4/h6-8,11,15-16,19H,9-10,12-14H2,1-5H3. The fourth-order valence-electron chi connectivity index (χ4n) is 2.28. The maximum Gasteiger partial charge on any atom is 0.119 e. The van der Waals surface area contributed by atoms with E-state index < -0.39 is 0 Å². The van der Waals surface area contributed by atoms with Gasteiger partial charge in [-0.25, -0.2) is 0 Å². The van der Waals surface area contributed by atoms with Crippen molar-refractivity contribution >= 4 is 0 Å². The number of nitrogens with one attached hydrogen (secondary N) is 1. The minimum Gasteiger partial charge on any atom is -0.492 e. The van der Waals surface area contributed by atoms with Crippen LogP contribution in [-0.4, -0.2) is 38.2 Å². The lowest BCUT2D eigenvalue weighted by molar-refractivity contribution is 0.222. The van der Waals surface area contributed by atoms with Gasteiger partial charge < -0.3 is 15.0 Å². The van der Waals surface area contributed by atoms with Crippen molar-refractivity contribution < 1.29 is 4.74 Å². The molecule has 0 aromatic heterocycles. The summed E-state index contributed by atoms with van der Waals surface area (Å²) in [4.78, 5) is 2.32. The number of likely N-dealkylation sites (N-methyl/N-ethyl adjacent to an activating group) is 1. The van der Waals surface area contributed by atoms with Crippen molar-refractivity contribution in [2.75, 3.05) is 33.3 Å². The Morgan fingerprint density at radius 2 is 1.90 bits per heavy atom. The third-order valence-corrected chi connectivity index (χ3v) is 3.20. The molecule has 1 aromatic carbocycles. The second-order valence-electron chi connectivity index (χ2n) is 6.68. The summed E-state index contributed by atoms with van der Waals surface area (Å²) >= 11 is 0. The lowest BCUT2D eigenvalue weighted by Crippen LogP contribution is -2.27. The van der Waals surface area contributed by atoms with Gasteiger partial charge in [-0.05, 0) is 43.1 Å². The second-order valence-corrected chi connectivity index (χ2v) is 6.68. The summed E-state index contributed by atoms with van der Waals surface area (Å²) in [7, 11) is 2.15. The lowest BCUT2D eigenvalue weighted by atomic mass is 10.2. The molecular weight excluding hydrogens is 260 g/mol. The van der Waals surface area contributed by atoms with Crippen LogP contribution in [0.15, 0.2) is 24.3 Å². The molecule has 0 amide bonds. The van der Waals surface area contributed by atoms with Gasteiger partial charge in [-0.3, -0.25) is 0 Å². The van der Waals surface area contributed by atoms with E-state index in [1.54, 1.807) is 0 Å². The van der Waals surface area contributed by atoms with Crippen LogP contribution < -0.4 is 10.1 Å². The summed E-state index contributed by atoms with van der Waals surface area (Å²) in [5, 5.41) is 3.46. The molecule has 0 fully saturated rings. The Labute approximate surface area is 130 Å². The molecule has 0 atom stereocenters. The van der Waals surface area contributed by atoms with E-state index in [2.05, 4.69) is 63.2 Å². The third-order valence-electron chi connectivity index (χ3n) is 3.20. The van der Waals surface area contributed by atoms with Crippen molar-refractivity contribution in [3.05, 3.63) is 29.8 Å². The highest BCUT2D eigenvalue weighted by Gasteiger charge is 2.02. The molecule has 0 radical (unpaired) electrons. The Hall–Kier alpha value is -1.06. The van der Waals surface area contributed by atoms with Gasteiger partial charge in [-0.15, -0.1) is 0 Å². The Balaban J connectivity index is 2.32. The summed E-state index contributed by atoms with van der Waals surface area (Å²) < 4.78 is 5.86. The van der Waals surface area contributed by atoms with Gasteiger partial charge in [0.15, 0.2) is 0 Å². The van der Waals surface area contributed by atoms with E-state index in [1.165, 1.54) is 5.56 Å². The summed E-state index contributed by atoms with van der Waals surface area (Å²) in [5.74, 6) is 2.35. The molecule has 0 bridgehead atoms. The lowest BCUT2D eigenvalue weighted by Gasteiger charge is -2.19. The van der Waals surface area contributed by atoms with Crippen LogP contribution >= 0.6 is 0 Å². The number of benzene rings is 1. The van der Waals surface area contributed by atoms with Crippen LogP contribution in [-0.2, 0) is 6.54 Å². The first-order valence-electron chi connectivity index (χ1n) is 8.08. The van der Waals surface area contributed by atoms with Crippen molar-refractivity contribution in [1.82, 2.24) is 10.2 Å². The van der Waals surface area contributed by atoms with Gasteiger partial charge in [0.25, 0.3) is 0 Å². The number of rotatable bonds is 10. The largest absolute Gasteiger partial charge is 0.492 e. The Morgan fingerprint density at radius 3 is 2.57 bits per heavy atom. The minimum absolute atomic E-state index is 0.681. The van der Waals surface area contributed by atoms with Crippen molar-refractivity contribution in [2.24, 2.45) is 11.8 Å². The molecule has 0 saturated carbocycles. The van der Waals surface area contributed by atoms with Crippen molar-refractivity contribution in [2.45, 2.75) is 34.2 Å². The quantitative estimate of drug-likeness (QED) is 0.715. The van der Waals surface area contributed by atoms with Gasteiger partial charge in [0.1, 0.15) is 12.4 Å². The summed E-state index contributed by atoms with van der Waals surface area (Å²) in [6, 6.07) is 8.38. The first-order chi connectivity index (χ1) is 9.97. The Morgan fingerprint density at radius 1 is 1.14 bits per heavy atom. The molecule has 3 nitrogen and oxygen atoms in total. The number of hydrogen-bond acceptors (Lipinski definition) is 3. The fraction of sp³-hybridized carbons (Fsp3) is 0.667. The predicted molar refractivity (Wildman–Crippen MR) is 90.8 cm³/mol. The first-order valence-corrected chi connectivity index (χ1v) is 8.08. The molecule has 0 aliphatic heterocycles. The topological polar surface area (TPSA) is 24.5 Å². The highest BCUT2D eigenvalue weighted by atomic mass is 16.5. The molecule has 1 N–H and O–H groups in total. The molecule has 0 spiro atoms. The van der Waals surface area contributed by atoms with Gasteiger partial charge in [0.05, 0.1) is 0 Å². The highest BCUT2D eigenvalue weighted by molar-refractivity contribution is 5.28. The summed E-state index contributed by atoms with van der Waals surface area (Å²) in [5.41, 5.74) is 1.28. The maximum absolute atomic E-state index is 5.86. The Bertz CT molecular complexity index is 391. The van der Waals surface area contributed by atoms with Gasteiger partial charge in [0.2, 0.25) is 0 Å². The summed E-state index contributed by atoms with van der Waals surface area (Å²) in [6.07, 6.45) is 0. The molecule has 120 valence electrons. The van der Waals surface area contributed by atoms with Gasteiger partial charge in [0, 0.05) is 19.6 Å². The van der Waals surface area contributed by atoms with Crippen LogP contribution in [0.25, 0.3) is 0 Å². The van der Waals surface area contributed by atoms with Crippen molar-refractivity contribution in [1.29, 1.82) is 0 Å². The molecule has 0 saturated heterocycles. The first kappa shape index (κ1) is 18.0. The SMILES string of the molecule is CC(C)CNCc1cccc(OCCN(C)CC(C)C)c1. The number of nitrogens with zero attached hydrogens (tertiary/aromatic N) is 1. The van der Waals surface area contributed by atoms with E-state index in [0.29, 0.717) is 11.8 Å². The van der Waals surface area contributed by atoms with Gasteiger partial charge >= 0.3 is 0 Å². The van der Waals surface area contributed by atoms with Crippen molar-refractivity contribution in [3.63, 3.8) is 0 Å². The van der Waals surface area contributed by atoms with E-state index in [9.17, 15) is 0 Å². The Kier molecular flexibility index (Phi) is 8.40. The fourth-order valence-corrected chi connectivity index (χ4v) is 2.28. The van der Waals surface area contributed by atoms with Gasteiger partial charge in [-0.2, -0.15) is 0 Å². The third kappa shape index (κ3) is 8.74. The monoisotopic (exact) mass is 292 g/mol. The van der Waals surface area contributed by atoms with E-state index in [0.717, 1.165) is 38.5 Å². The van der Waals surface area contributed by atoms with E-state index in [-0.39, 0.29) is 0 Å². The zero-order valence-electron chi connectivity index (χ0n) is 14.4. The van der Waals surface area contributed by atoms with Crippen LogP contribution in [0.3, 0.4) is 0 Å². The molecule has 0 heterocycles. The second kappa shape index (κ2) is 9.80. The molecule has 0 aliphatic carbocycles. The number of hydrogen-bond donors (Lipinski definition) is 1. The van der Waals surface area contributed by atoms with Crippen LogP contribution in [0.1, 0.15) is 33.3 Å². The average molecular weight is 292 g/mol. The maximum atomic E-state index is 5.86. The zero-order chi connectivity index (χ0) is 15.7. The molecule has 0 aliphatic rings. The average Bonchev–Trinajstić information content (AvgIpc) is 2.38. The van der Waals surface area contributed by atoms with Crippen LogP contribution in [0.4, 0.5) is 0 Å². The smallest absolute Gasteiger partial charge is 0.119 e. The van der Waals surface area contributed by atoms with E-state index in [4.69, 9.17) is 4.74 Å². The normalized spacial score (nSPS) is 11.6. The van der Waals surface area contributed by atoms with Gasteiger partial charge in [-0.1, -0.05) is 39.8 Å². The minimum atomic E-state index is 0.681. The molecule has 1 aromatic rings. The zero-order valence-corrected chi connectivity index (χ0v) is 14.4. The van der Waals surface area contributed by atoms with Crippen LogP contribution in [0.5, 0.6) is 5.75 Å². The van der Waals surface area contributed by atoms with Crippen molar-refractivity contribution in [3.8, 4) is 5.75 Å². The number of ether oxygens (including phenoxy) is 1. The van der Waals surface area contributed by atoms with E-state index in [1.807, 2.05) is 6.07 Å². The van der Waals surface area contributed by atoms with Crippen LogP contribution in [0.2, 0.25) is 0 Å². The molecule has 3 heteroatoms.